The number of rotatable bonds is 5. The zero-order valence-electron chi connectivity index (χ0n) is 10.5. The van der Waals surface area contributed by atoms with Crippen LogP contribution in [0.4, 0.5) is 0 Å². The van der Waals surface area contributed by atoms with Crippen LogP contribution in [-0.4, -0.2) is 32.2 Å². The van der Waals surface area contributed by atoms with Gasteiger partial charge in [-0.05, 0) is 31.0 Å². The van der Waals surface area contributed by atoms with Crippen LogP contribution in [0.15, 0.2) is 24.3 Å². The fourth-order valence-corrected chi connectivity index (χ4v) is 2.19. The summed E-state index contributed by atoms with van der Waals surface area (Å²) in [6.45, 7) is 2.81. The van der Waals surface area contributed by atoms with Gasteiger partial charge < -0.3 is 15.8 Å². The summed E-state index contributed by atoms with van der Waals surface area (Å²) in [6, 6.07) is 7.63. The molecule has 0 spiro atoms. The number of carbonyl (C=O) groups excluding carboxylic acids is 1. The molecule has 1 unspecified atom stereocenters. The van der Waals surface area contributed by atoms with E-state index in [-0.39, 0.29) is 5.91 Å². The Balaban J connectivity index is 1.94. The molecular weight excluding hydrogens is 228 g/mol. The molecule has 1 aromatic carbocycles. The number of amides is 1. The first kappa shape index (κ1) is 13.1. The number of hydrogen-bond donors (Lipinski definition) is 2. The average molecular weight is 248 g/mol. The van der Waals surface area contributed by atoms with E-state index in [2.05, 4.69) is 5.32 Å². The third-order valence-corrected chi connectivity index (χ3v) is 3.25. The Kier molecular flexibility index (Phi) is 4.73. The monoisotopic (exact) mass is 248 g/mol. The highest BCUT2D eigenvalue weighted by molar-refractivity contribution is 5.95. The highest BCUT2D eigenvalue weighted by Gasteiger charge is 2.17. The third kappa shape index (κ3) is 3.31. The second kappa shape index (κ2) is 6.52. The van der Waals surface area contributed by atoms with Crippen molar-refractivity contribution in [1.29, 1.82) is 0 Å². The molecule has 1 fully saturated rings. The lowest BCUT2D eigenvalue weighted by Gasteiger charge is -2.12. The van der Waals surface area contributed by atoms with Crippen molar-refractivity contribution in [1.82, 2.24) is 5.32 Å². The van der Waals surface area contributed by atoms with Crippen molar-refractivity contribution in [3.8, 4) is 0 Å². The second-order valence-electron chi connectivity index (χ2n) is 4.64. The smallest absolute Gasteiger partial charge is 0.251 e. The van der Waals surface area contributed by atoms with Gasteiger partial charge in [-0.1, -0.05) is 18.2 Å². The first-order valence-corrected chi connectivity index (χ1v) is 6.45. The van der Waals surface area contributed by atoms with Crippen LogP contribution in [0, 0.1) is 5.92 Å². The van der Waals surface area contributed by atoms with Gasteiger partial charge in [0.25, 0.3) is 5.91 Å². The maximum atomic E-state index is 12.1. The molecule has 0 aromatic heterocycles. The predicted molar refractivity (Wildman–Crippen MR) is 70.5 cm³/mol. The van der Waals surface area contributed by atoms with Gasteiger partial charge in [0.2, 0.25) is 0 Å². The normalized spacial score (nSPS) is 18.8. The van der Waals surface area contributed by atoms with E-state index < -0.39 is 0 Å². The van der Waals surface area contributed by atoms with Crippen LogP contribution in [0.1, 0.15) is 22.3 Å². The Bertz CT molecular complexity index is 401. The van der Waals surface area contributed by atoms with Crippen molar-refractivity contribution in [2.45, 2.75) is 12.8 Å². The Morgan fingerprint density at radius 3 is 3.00 bits per heavy atom. The van der Waals surface area contributed by atoms with E-state index in [0.29, 0.717) is 19.0 Å². The van der Waals surface area contributed by atoms with E-state index in [1.165, 1.54) is 0 Å². The molecule has 1 heterocycles. The molecule has 1 saturated heterocycles. The van der Waals surface area contributed by atoms with Gasteiger partial charge in [0.05, 0.1) is 6.61 Å². The standard InChI is InChI=1S/C14H20N2O2/c15-7-5-12-3-1-2-4-13(12)14(17)16-9-11-6-8-18-10-11/h1-4,11H,5-10,15H2,(H,16,17). The number of hydrogen-bond acceptors (Lipinski definition) is 3. The molecule has 2 rings (SSSR count). The molecule has 1 aromatic rings. The van der Waals surface area contributed by atoms with Crippen molar-refractivity contribution >= 4 is 5.91 Å². The summed E-state index contributed by atoms with van der Waals surface area (Å²) in [5, 5.41) is 2.98. The quantitative estimate of drug-likeness (QED) is 0.815. The Hall–Kier alpha value is -1.39. The van der Waals surface area contributed by atoms with E-state index in [4.69, 9.17) is 10.5 Å². The topological polar surface area (TPSA) is 64.4 Å². The van der Waals surface area contributed by atoms with E-state index in [9.17, 15) is 4.79 Å². The fraction of sp³-hybridized carbons (Fsp3) is 0.500. The van der Waals surface area contributed by atoms with Crippen LogP contribution >= 0.6 is 0 Å². The van der Waals surface area contributed by atoms with Gasteiger partial charge in [-0.2, -0.15) is 0 Å². The lowest BCUT2D eigenvalue weighted by molar-refractivity contribution is 0.0944. The fourth-order valence-electron chi connectivity index (χ4n) is 2.19. The van der Waals surface area contributed by atoms with Crippen LogP contribution in [0.5, 0.6) is 0 Å². The van der Waals surface area contributed by atoms with Gasteiger partial charge in [0, 0.05) is 24.6 Å². The summed E-state index contributed by atoms with van der Waals surface area (Å²) in [5.41, 5.74) is 7.31. The number of ether oxygens (including phenoxy) is 1. The number of carbonyl (C=O) groups is 1. The maximum Gasteiger partial charge on any atom is 0.251 e. The molecule has 1 atom stereocenters. The summed E-state index contributed by atoms with van der Waals surface area (Å²) in [6.07, 6.45) is 1.76. The zero-order chi connectivity index (χ0) is 12.8. The highest BCUT2D eigenvalue weighted by Crippen LogP contribution is 2.12. The Morgan fingerprint density at radius 1 is 1.44 bits per heavy atom. The van der Waals surface area contributed by atoms with Gasteiger partial charge in [-0.15, -0.1) is 0 Å². The first-order chi connectivity index (χ1) is 8.81. The molecule has 1 aliphatic heterocycles. The average Bonchev–Trinajstić information content (AvgIpc) is 2.90. The molecule has 0 aliphatic carbocycles. The SMILES string of the molecule is NCCc1ccccc1C(=O)NCC1CCOC1. The molecule has 4 heteroatoms. The van der Waals surface area contributed by atoms with Crippen LogP contribution in [-0.2, 0) is 11.2 Å². The number of benzene rings is 1. The minimum absolute atomic E-state index is 0.00838. The Morgan fingerprint density at radius 2 is 2.28 bits per heavy atom. The number of nitrogens with one attached hydrogen (secondary N) is 1. The molecular formula is C14H20N2O2. The van der Waals surface area contributed by atoms with E-state index in [1.54, 1.807) is 0 Å². The van der Waals surface area contributed by atoms with Gasteiger partial charge in [0.15, 0.2) is 0 Å². The molecule has 98 valence electrons. The lowest BCUT2D eigenvalue weighted by Crippen LogP contribution is -2.30. The minimum Gasteiger partial charge on any atom is -0.381 e. The molecule has 0 saturated carbocycles. The van der Waals surface area contributed by atoms with Crippen LogP contribution in [0.25, 0.3) is 0 Å². The second-order valence-corrected chi connectivity index (χ2v) is 4.64. The minimum atomic E-state index is -0.00838. The van der Waals surface area contributed by atoms with Crippen molar-refractivity contribution in [3.63, 3.8) is 0 Å². The summed E-state index contributed by atoms with van der Waals surface area (Å²) in [4.78, 5) is 12.1. The van der Waals surface area contributed by atoms with Crippen molar-refractivity contribution in [3.05, 3.63) is 35.4 Å². The molecule has 1 aliphatic rings. The molecule has 3 N–H and O–H groups in total. The van der Waals surface area contributed by atoms with Crippen LogP contribution in [0.3, 0.4) is 0 Å². The van der Waals surface area contributed by atoms with Crippen molar-refractivity contribution in [2.75, 3.05) is 26.3 Å². The molecule has 0 bridgehead atoms. The van der Waals surface area contributed by atoms with Gasteiger partial charge >= 0.3 is 0 Å². The molecule has 1 amide bonds. The van der Waals surface area contributed by atoms with Gasteiger partial charge in [0.1, 0.15) is 0 Å². The molecule has 0 radical (unpaired) electrons. The van der Waals surface area contributed by atoms with Gasteiger partial charge in [-0.25, -0.2) is 0 Å². The third-order valence-electron chi connectivity index (χ3n) is 3.25. The van der Waals surface area contributed by atoms with Crippen LogP contribution in [0.2, 0.25) is 0 Å². The van der Waals surface area contributed by atoms with E-state index in [1.807, 2.05) is 24.3 Å². The Labute approximate surface area is 108 Å². The van der Waals surface area contributed by atoms with Crippen LogP contribution < -0.4 is 11.1 Å². The summed E-state index contributed by atoms with van der Waals surface area (Å²) < 4.78 is 5.29. The zero-order valence-corrected chi connectivity index (χ0v) is 10.5. The van der Waals surface area contributed by atoms with E-state index >= 15 is 0 Å². The van der Waals surface area contributed by atoms with Crippen molar-refractivity contribution in [2.24, 2.45) is 11.7 Å². The summed E-state index contributed by atoms with van der Waals surface area (Å²) >= 11 is 0. The number of nitrogens with two attached hydrogens (primary N) is 1. The lowest BCUT2D eigenvalue weighted by atomic mass is 10.0. The maximum absolute atomic E-state index is 12.1. The first-order valence-electron chi connectivity index (χ1n) is 6.45. The van der Waals surface area contributed by atoms with Crippen molar-refractivity contribution < 1.29 is 9.53 Å². The van der Waals surface area contributed by atoms with Gasteiger partial charge in [-0.3, -0.25) is 4.79 Å². The molecule has 18 heavy (non-hydrogen) atoms. The van der Waals surface area contributed by atoms with E-state index in [0.717, 1.165) is 37.2 Å². The largest absolute Gasteiger partial charge is 0.381 e. The highest BCUT2D eigenvalue weighted by atomic mass is 16.5. The molecule has 4 nitrogen and oxygen atoms in total. The summed E-state index contributed by atoms with van der Waals surface area (Å²) in [7, 11) is 0. The predicted octanol–water partition coefficient (Wildman–Crippen LogP) is 0.954. The summed E-state index contributed by atoms with van der Waals surface area (Å²) in [5.74, 6) is 0.446.